The molecule has 0 aliphatic carbocycles. The van der Waals surface area contributed by atoms with Crippen LogP contribution in [0.5, 0.6) is 11.5 Å². The number of hydrogen-bond acceptors (Lipinski definition) is 8. The molecule has 1 aromatic carbocycles. The SMILES string of the molecule is CCC(=O)N1CCC(Oc2ccc3c(c2)N(c2cncc(SN(C)OC)c2)CCO3)C1. The van der Waals surface area contributed by atoms with Crippen molar-refractivity contribution in [2.24, 2.45) is 0 Å². The van der Waals surface area contributed by atoms with E-state index in [1.54, 1.807) is 11.6 Å². The van der Waals surface area contributed by atoms with E-state index in [0.717, 1.165) is 40.7 Å². The minimum Gasteiger partial charge on any atom is -0.490 e. The number of nitrogens with zero attached hydrogens (tertiary/aromatic N) is 4. The van der Waals surface area contributed by atoms with Gasteiger partial charge in [-0.3, -0.25) is 14.6 Å². The van der Waals surface area contributed by atoms with Crippen molar-refractivity contribution in [1.29, 1.82) is 0 Å². The zero-order valence-electron chi connectivity index (χ0n) is 18.1. The molecule has 8 nitrogen and oxygen atoms in total. The summed E-state index contributed by atoms with van der Waals surface area (Å²) in [6.45, 7) is 4.60. The zero-order valence-corrected chi connectivity index (χ0v) is 18.9. The Hall–Kier alpha value is -2.49. The molecule has 4 rings (SSSR count). The minimum atomic E-state index is 0.0116. The molecule has 166 valence electrons. The second-order valence-electron chi connectivity index (χ2n) is 7.44. The third-order valence-electron chi connectivity index (χ3n) is 5.40. The van der Waals surface area contributed by atoms with Gasteiger partial charge in [0, 0.05) is 43.6 Å². The molecule has 1 amide bonds. The second kappa shape index (κ2) is 9.76. The lowest BCUT2D eigenvalue weighted by Crippen LogP contribution is -2.30. The van der Waals surface area contributed by atoms with Crippen LogP contribution in [0.15, 0.2) is 41.6 Å². The van der Waals surface area contributed by atoms with Crippen LogP contribution in [0.25, 0.3) is 0 Å². The van der Waals surface area contributed by atoms with Crippen molar-refractivity contribution >= 4 is 29.2 Å². The monoisotopic (exact) mass is 444 g/mol. The first-order valence-corrected chi connectivity index (χ1v) is 11.2. The average Bonchev–Trinajstić information content (AvgIpc) is 3.26. The first-order chi connectivity index (χ1) is 15.1. The maximum atomic E-state index is 11.9. The van der Waals surface area contributed by atoms with Crippen molar-refractivity contribution in [3.8, 4) is 11.5 Å². The zero-order chi connectivity index (χ0) is 21.8. The van der Waals surface area contributed by atoms with Gasteiger partial charge in [-0.05, 0) is 30.1 Å². The number of likely N-dealkylation sites (tertiary alicyclic amines) is 1. The number of pyridine rings is 1. The van der Waals surface area contributed by atoms with Crippen LogP contribution in [0.3, 0.4) is 0 Å². The first-order valence-electron chi connectivity index (χ1n) is 10.5. The maximum Gasteiger partial charge on any atom is 0.222 e. The molecule has 9 heteroatoms. The van der Waals surface area contributed by atoms with Gasteiger partial charge in [0.2, 0.25) is 5.91 Å². The van der Waals surface area contributed by atoms with E-state index in [-0.39, 0.29) is 12.0 Å². The molecular weight excluding hydrogens is 416 g/mol. The predicted molar refractivity (Wildman–Crippen MR) is 120 cm³/mol. The summed E-state index contributed by atoms with van der Waals surface area (Å²) in [5, 5.41) is 0. The predicted octanol–water partition coefficient (Wildman–Crippen LogP) is 3.50. The molecule has 0 spiro atoms. The lowest BCUT2D eigenvalue weighted by atomic mass is 10.2. The number of amides is 1. The molecule has 2 aliphatic rings. The van der Waals surface area contributed by atoms with E-state index in [1.165, 1.54) is 11.9 Å². The van der Waals surface area contributed by atoms with Crippen LogP contribution in [0.2, 0.25) is 0 Å². The van der Waals surface area contributed by atoms with Gasteiger partial charge in [0.25, 0.3) is 0 Å². The van der Waals surface area contributed by atoms with E-state index in [1.807, 2.05) is 49.5 Å². The number of anilines is 2. The van der Waals surface area contributed by atoms with Gasteiger partial charge in [-0.15, -0.1) is 4.47 Å². The summed E-state index contributed by atoms with van der Waals surface area (Å²) < 4.78 is 13.8. The van der Waals surface area contributed by atoms with Crippen LogP contribution in [0.1, 0.15) is 19.8 Å². The summed E-state index contributed by atoms with van der Waals surface area (Å²) in [4.78, 5) is 26.6. The molecule has 31 heavy (non-hydrogen) atoms. The fraction of sp³-hybridized carbons (Fsp3) is 0.455. The maximum absolute atomic E-state index is 11.9. The van der Waals surface area contributed by atoms with Gasteiger partial charge in [-0.2, -0.15) is 0 Å². The van der Waals surface area contributed by atoms with E-state index in [2.05, 4.69) is 16.0 Å². The topological polar surface area (TPSA) is 67.4 Å². The largest absolute Gasteiger partial charge is 0.490 e. The summed E-state index contributed by atoms with van der Waals surface area (Å²) in [6.07, 6.45) is 5.05. The Morgan fingerprint density at radius 2 is 2.19 bits per heavy atom. The number of hydrogen-bond donors (Lipinski definition) is 0. The number of benzene rings is 1. The highest BCUT2D eigenvalue weighted by molar-refractivity contribution is 7.96. The van der Waals surface area contributed by atoms with Crippen molar-refractivity contribution in [3.05, 3.63) is 36.7 Å². The standard InChI is InChI=1S/C22H28N4O4S/c1-4-22(27)25-8-7-18(15-25)30-17-5-6-21-20(12-17)26(9-10-29-21)16-11-19(14-23-13-16)31-24(2)28-3/h5-6,11-14,18H,4,7-10,15H2,1-3H3. The van der Waals surface area contributed by atoms with Crippen LogP contribution < -0.4 is 14.4 Å². The Morgan fingerprint density at radius 3 is 3.00 bits per heavy atom. The van der Waals surface area contributed by atoms with Crippen molar-refractivity contribution in [1.82, 2.24) is 14.4 Å². The van der Waals surface area contributed by atoms with Crippen LogP contribution in [-0.2, 0) is 9.63 Å². The quantitative estimate of drug-likeness (QED) is 0.475. The summed E-state index contributed by atoms with van der Waals surface area (Å²) in [6, 6.07) is 7.98. The summed E-state index contributed by atoms with van der Waals surface area (Å²) in [5.41, 5.74) is 1.93. The number of fused-ring (bicyclic) bond motifs is 1. The highest BCUT2D eigenvalue weighted by Gasteiger charge is 2.27. The number of hydroxylamine groups is 1. The number of rotatable bonds is 7. The third kappa shape index (κ3) is 5.06. The Balaban J connectivity index is 1.52. The van der Waals surface area contributed by atoms with Gasteiger partial charge in [0.15, 0.2) is 0 Å². The van der Waals surface area contributed by atoms with E-state index in [9.17, 15) is 4.79 Å². The fourth-order valence-electron chi connectivity index (χ4n) is 3.80. The molecule has 0 N–H and O–H groups in total. The molecule has 0 radical (unpaired) electrons. The van der Waals surface area contributed by atoms with Crippen molar-refractivity contribution in [3.63, 3.8) is 0 Å². The summed E-state index contributed by atoms with van der Waals surface area (Å²) in [7, 11) is 3.48. The van der Waals surface area contributed by atoms with Gasteiger partial charge >= 0.3 is 0 Å². The average molecular weight is 445 g/mol. The number of aromatic nitrogens is 1. The normalized spacial score (nSPS) is 18.1. The van der Waals surface area contributed by atoms with Crippen LogP contribution in [0, 0.1) is 0 Å². The highest BCUT2D eigenvalue weighted by Crippen LogP contribution is 2.40. The van der Waals surface area contributed by atoms with Crippen molar-refractivity contribution in [2.75, 3.05) is 45.3 Å². The molecule has 3 heterocycles. The van der Waals surface area contributed by atoms with Gasteiger partial charge in [0.1, 0.15) is 24.2 Å². The Bertz CT molecular complexity index is 928. The molecule has 2 aliphatic heterocycles. The molecule has 1 fully saturated rings. The van der Waals surface area contributed by atoms with E-state index in [0.29, 0.717) is 26.1 Å². The summed E-state index contributed by atoms with van der Waals surface area (Å²) in [5.74, 6) is 1.78. The van der Waals surface area contributed by atoms with E-state index < -0.39 is 0 Å². The second-order valence-corrected chi connectivity index (χ2v) is 8.61. The van der Waals surface area contributed by atoms with Gasteiger partial charge in [0.05, 0.1) is 37.8 Å². The molecule has 2 aromatic rings. The van der Waals surface area contributed by atoms with Crippen LogP contribution in [-0.4, -0.2) is 66.8 Å². The molecule has 0 saturated carbocycles. The van der Waals surface area contributed by atoms with Gasteiger partial charge in [-0.1, -0.05) is 6.92 Å². The molecule has 1 atom stereocenters. The van der Waals surface area contributed by atoms with E-state index >= 15 is 0 Å². The number of carbonyl (C=O) groups excluding carboxylic acids is 1. The third-order valence-corrected chi connectivity index (χ3v) is 6.24. The van der Waals surface area contributed by atoms with Crippen LogP contribution >= 0.6 is 11.9 Å². The molecular formula is C22H28N4O4S. The number of carbonyl (C=O) groups is 1. The van der Waals surface area contributed by atoms with E-state index in [4.69, 9.17) is 14.3 Å². The highest BCUT2D eigenvalue weighted by atomic mass is 32.2. The van der Waals surface area contributed by atoms with Gasteiger partial charge in [-0.25, -0.2) is 0 Å². The van der Waals surface area contributed by atoms with Crippen LogP contribution in [0.4, 0.5) is 11.4 Å². The molecule has 1 saturated heterocycles. The summed E-state index contributed by atoms with van der Waals surface area (Å²) >= 11 is 1.47. The Morgan fingerprint density at radius 1 is 1.32 bits per heavy atom. The Labute approximate surface area is 187 Å². The fourth-order valence-corrected chi connectivity index (χ4v) is 4.45. The minimum absolute atomic E-state index is 0.0116. The Kier molecular flexibility index (Phi) is 6.84. The molecule has 0 bridgehead atoms. The lowest BCUT2D eigenvalue weighted by molar-refractivity contribution is -0.130. The first kappa shape index (κ1) is 21.7. The van der Waals surface area contributed by atoms with Crippen molar-refractivity contribution < 1.29 is 19.1 Å². The smallest absolute Gasteiger partial charge is 0.222 e. The lowest BCUT2D eigenvalue weighted by Gasteiger charge is -2.31. The van der Waals surface area contributed by atoms with Gasteiger partial charge < -0.3 is 19.3 Å². The number of ether oxygens (including phenoxy) is 2. The van der Waals surface area contributed by atoms with Crippen molar-refractivity contribution in [2.45, 2.75) is 30.8 Å². The molecule has 1 unspecified atom stereocenters. The molecule has 1 aromatic heterocycles.